The zero-order valence-electron chi connectivity index (χ0n) is 13.7. The number of likely N-dealkylation sites (N-methyl/N-ethyl adjacent to an activating group) is 1. The van der Waals surface area contributed by atoms with Crippen molar-refractivity contribution in [3.63, 3.8) is 0 Å². The summed E-state index contributed by atoms with van der Waals surface area (Å²) in [6.45, 7) is 3.37. The number of benzene rings is 2. The quantitative estimate of drug-likeness (QED) is 0.789. The van der Waals surface area contributed by atoms with Crippen LogP contribution in [0.3, 0.4) is 0 Å². The summed E-state index contributed by atoms with van der Waals surface area (Å²) in [6.07, 6.45) is 0. The highest BCUT2D eigenvalue weighted by Gasteiger charge is 2.15. The predicted molar refractivity (Wildman–Crippen MR) is 98.2 cm³/mol. The van der Waals surface area contributed by atoms with Gasteiger partial charge in [-0.2, -0.15) is 0 Å². The number of rotatable bonds is 7. The van der Waals surface area contributed by atoms with E-state index in [4.69, 9.17) is 27.9 Å². The van der Waals surface area contributed by atoms with Crippen LogP contribution in [0.1, 0.15) is 12.5 Å². The Balaban J connectivity index is 1.96. The summed E-state index contributed by atoms with van der Waals surface area (Å²) in [7, 11) is 1.94. The van der Waals surface area contributed by atoms with Gasteiger partial charge >= 0.3 is 0 Å². The van der Waals surface area contributed by atoms with Crippen LogP contribution in [0.25, 0.3) is 0 Å². The molecule has 2 aromatic carbocycles. The lowest BCUT2D eigenvalue weighted by atomic mass is 10.2. The molecule has 0 saturated heterocycles. The van der Waals surface area contributed by atoms with Gasteiger partial charge in [0.25, 0.3) is 5.91 Å². The van der Waals surface area contributed by atoms with Crippen molar-refractivity contribution in [1.82, 2.24) is 0 Å². The molecule has 128 valence electrons. The fourth-order valence-corrected chi connectivity index (χ4v) is 2.78. The summed E-state index contributed by atoms with van der Waals surface area (Å²) in [5.74, 6) is 0.585. The molecule has 0 aliphatic carbocycles. The van der Waals surface area contributed by atoms with Gasteiger partial charge in [-0.25, -0.2) is 0 Å². The van der Waals surface area contributed by atoms with Gasteiger partial charge in [-0.05, 0) is 25.1 Å². The summed E-state index contributed by atoms with van der Waals surface area (Å²) < 4.78 is 5.51. The molecule has 6 heteroatoms. The molecule has 2 N–H and O–H groups in total. The molecule has 1 unspecified atom stereocenters. The monoisotopic (exact) mass is 367 g/mol. The van der Waals surface area contributed by atoms with Crippen molar-refractivity contribution in [2.75, 3.05) is 25.5 Å². The number of carbonyl (C=O) groups is 1. The fraction of sp³-hybridized carbons (Fsp3) is 0.278. The van der Waals surface area contributed by atoms with E-state index in [9.17, 15) is 4.79 Å². The van der Waals surface area contributed by atoms with Crippen molar-refractivity contribution >= 4 is 34.8 Å². The molecule has 2 aromatic rings. The molecule has 4 nitrogen and oxygen atoms in total. The molecule has 24 heavy (non-hydrogen) atoms. The smallest absolute Gasteiger partial charge is 0.279 e. The molecule has 0 aliphatic rings. The zero-order chi connectivity index (χ0) is 17.5. The average Bonchev–Trinajstić information content (AvgIpc) is 2.54. The van der Waals surface area contributed by atoms with Crippen LogP contribution in [0.4, 0.5) is 5.69 Å². The van der Waals surface area contributed by atoms with E-state index in [-0.39, 0.29) is 5.91 Å². The van der Waals surface area contributed by atoms with Gasteiger partial charge in [0.1, 0.15) is 12.3 Å². The van der Waals surface area contributed by atoms with Gasteiger partial charge in [-0.3, -0.25) is 4.79 Å². The maximum Gasteiger partial charge on any atom is 0.279 e. The van der Waals surface area contributed by atoms with Gasteiger partial charge in [-0.1, -0.05) is 47.5 Å². The molecule has 2 rings (SSSR count). The largest absolute Gasteiger partial charge is 0.492 e. The van der Waals surface area contributed by atoms with Crippen LogP contribution in [0.5, 0.6) is 5.75 Å². The minimum absolute atomic E-state index is 0.0854. The lowest BCUT2D eigenvalue weighted by Crippen LogP contribution is -3.08. The maximum absolute atomic E-state index is 12.3. The molecular formula is C18H21Cl2N2O2+. The molecule has 0 fully saturated rings. The van der Waals surface area contributed by atoms with Crippen molar-refractivity contribution in [3.8, 4) is 5.75 Å². The second kappa shape index (κ2) is 8.92. The number of hydrogen-bond acceptors (Lipinski definition) is 2. The SMILES string of the molecule is CCOc1ccccc1NC(=O)C[NH+](C)Cc1cccc(Cl)c1Cl. The summed E-state index contributed by atoms with van der Waals surface area (Å²) in [5, 5.41) is 3.96. The van der Waals surface area contributed by atoms with Crippen LogP contribution in [0.2, 0.25) is 10.0 Å². The van der Waals surface area contributed by atoms with Crippen molar-refractivity contribution in [2.24, 2.45) is 0 Å². The van der Waals surface area contributed by atoms with E-state index in [0.29, 0.717) is 41.2 Å². The van der Waals surface area contributed by atoms with Crippen LogP contribution >= 0.6 is 23.2 Å². The summed E-state index contributed by atoms with van der Waals surface area (Å²) in [4.78, 5) is 13.3. The minimum atomic E-state index is -0.0854. The number of carbonyl (C=O) groups excluding carboxylic acids is 1. The van der Waals surface area contributed by atoms with Crippen molar-refractivity contribution < 1.29 is 14.4 Å². The van der Waals surface area contributed by atoms with Gasteiger partial charge in [0.05, 0.1) is 29.4 Å². The normalized spacial score (nSPS) is 11.8. The fourth-order valence-electron chi connectivity index (χ4n) is 2.39. The van der Waals surface area contributed by atoms with E-state index in [1.807, 2.05) is 50.4 Å². The Morgan fingerprint density at radius 1 is 1.17 bits per heavy atom. The van der Waals surface area contributed by atoms with Gasteiger partial charge in [0, 0.05) is 5.56 Å². The molecular weight excluding hydrogens is 347 g/mol. The summed E-state index contributed by atoms with van der Waals surface area (Å²) in [5.41, 5.74) is 1.60. The molecule has 0 saturated carbocycles. The minimum Gasteiger partial charge on any atom is -0.492 e. The average molecular weight is 368 g/mol. The van der Waals surface area contributed by atoms with Crippen molar-refractivity contribution in [3.05, 3.63) is 58.1 Å². The topological polar surface area (TPSA) is 42.8 Å². The Morgan fingerprint density at radius 2 is 1.92 bits per heavy atom. The number of amides is 1. The molecule has 0 heterocycles. The standard InChI is InChI=1S/C18H20Cl2N2O2/c1-3-24-16-10-5-4-9-15(16)21-17(23)12-22(2)11-13-7-6-8-14(19)18(13)20/h4-10H,3,11-12H2,1-2H3,(H,21,23)/p+1. The van der Waals surface area contributed by atoms with E-state index < -0.39 is 0 Å². The number of nitrogens with one attached hydrogen (secondary N) is 2. The van der Waals surface area contributed by atoms with Crippen LogP contribution in [-0.4, -0.2) is 26.1 Å². The first-order valence-electron chi connectivity index (χ1n) is 7.77. The number of quaternary nitrogens is 1. The molecule has 0 radical (unpaired) electrons. The molecule has 1 amide bonds. The number of hydrogen-bond donors (Lipinski definition) is 2. The second-order valence-corrected chi connectivity index (χ2v) is 6.29. The number of ether oxygens (including phenoxy) is 1. The Hall–Kier alpha value is -1.75. The van der Waals surface area contributed by atoms with E-state index in [1.165, 1.54) is 0 Å². The highest BCUT2D eigenvalue weighted by Crippen LogP contribution is 2.25. The van der Waals surface area contributed by atoms with E-state index in [1.54, 1.807) is 6.07 Å². The summed E-state index contributed by atoms with van der Waals surface area (Å²) in [6, 6.07) is 12.9. The number of anilines is 1. The Bertz CT molecular complexity index is 707. The third-order valence-corrected chi connectivity index (χ3v) is 4.31. The number of para-hydroxylation sites is 2. The second-order valence-electron chi connectivity index (χ2n) is 5.50. The number of halogens is 2. The molecule has 0 aliphatic heterocycles. The van der Waals surface area contributed by atoms with Crippen molar-refractivity contribution in [1.29, 1.82) is 0 Å². The molecule has 0 aromatic heterocycles. The van der Waals surface area contributed by atoms with Gasteiger partial charge in [0.15, 0.2) is 6.54 Å². The zero-order valence-corrected chi connectivity index (χ0v) is 15.2. The van der Waals surface area contributed by atoms with Gasteiger partial charge in [0.2, 0.25) is 0 Å². The van der Waals surface area contributed by atoms with Crippen molar-refractivity contribution in [2.45, 2.75) is 13.5 Å². The van der Waals surface area contributed by atoms with Gasteiger partial charge in [-0.15, -0.1) is 0 Å². The highest BCUT2D eigenvalue weighted by molar-refractivity contribution is 6.42. The molecule has 1 atom stereocenters. The van der Waals surface area contributed by atoms with E-state index in [2.05, 4.69) is 5.32 Å². The lowest BCUT2D eigenvalue weighted by molar-refractivity contribution is -0.885. The van der Waals surface area contributed by atoms with Crippen LogP contribution in [0.15, 0.2) is 42.5 Å². The Labute approximate surface area is 152 Å². The van der Waals surface area contributed by atoms with E-state index in [0.717, 1.165) is 10.5 Å². The predicted octanol–water partition coefficient (Wildman–Crippen LogP) is 3.05. The van der Waals surface area contributed by atoms with Gasteiger partial charge < -0.3 is 15.0 Å². The van der Waals surface area contributed by atoms with Crippen LogP contribution in [-0.2, 0) is 11.3 Å². The molecule has 0 bridgehead atoms. The lowest BCUT2D eigenvalue weighted by Gasteiger charge is -2.16. The van der Waals surface area contributed by atoms with Crippen LogP contribution < -0.4 is 15.0 Å². The van der Waals surface area contributed by atoms with Crippen LogP contribution in [0, 0.1) is 0 Å². The first kappa shape index (κ1) is 18.6. The maximum atomic E-state index is 12.3. The summed E-state index contributed by atoms with van der Waals surface area (Å²) >= 11 is 12.2. The third kappa shape index (κ3) is 5.13. The first-order valence-corrected chi connectivity index (χ1v) is 8.52. The first-order chi connectivity index (χ1) is 11.5. The Kier molecular flexibility index (Phi) is 6.91. The molecule has 0 spiro atoms. The highest BCUT2D eigenvalue weighted by atomic mass is 35.5. The Morgan fingerprint density at radius 3 is 2.67 bits per heavy atom. The van der Waals surface area contributed by atoms with E-state index >= 15 is 0 Å². The third-order valence-electron chi connectivity index (χ3n) is 3.45.